The second kappa shape index (κ2) is 3.88. The third-order valence-corrected chi connectivity index (χ3v) is 2.56. The smallest absolute Gasteiger partial charge is 0.271 e. The molecule has 0 atom stereocenters. The van der Waals surface area contributed by atoms with Crippen molar-refractivity contribution in [2.45, 2.75) is 19.8 Å². The van der Waals surface area contributed by atoms with Gasteiger partial charge in [-0.15, -0.1) is 0 Å². The van der Waals surface area contributed by atoms with Crippen LogP contribution in [-0.4, -0.2) is 11.5 Å². The van der Waals surface area contributed by atoms with Crippen molar-refractivity contribution in [3.8, 4) is 0 Å². The summed E-state index contributed by atoms with van der Waals surface area (Å²) in [6.45, 7) is 2.80. The lowest BCUT2D eigenvalue weighted by Crippen LogP contribution is -2.03. The Bertz CT molecular complexity index is 386. The van der Waals surface area contributed by atoms with E-state index in [1.54, 1.807) is 12.1 Å². The van der Waals surface area contributed by atoms with E-state index in [9.17, 15) is 10.1 Å². The number of non-ortho nitro benzene ring substituents is 1. The Balaban J connectivity index is 2.10. The van der Waals surface area contributed by atoms with E-state index in [2.05, 4.69) is 5.32 Å². The number of anilines is 1. The molecule has 0 unspecified atom stereocenters. The number of benzene rings is 1. The van der Waals surface area contributed by atoms with Gasteiger partial charge in [-0.1, -0.05) is 0 Å². The summed E-state index contributed by atoms with van der Waals surface area (Å²) in [7, 11) is 0. The van der Waals surface area contributed by atoms with Gasteiger partial charge in [0.2, 0.25) is 0 Å². The molecule has 4 heteroatoms. The molecule has 0 radical (unpaired) electrons. The highest BCUT2D eigenvalue weighted by atomic mass is 16.6. The highest BCUT2D eigenvalue weighted by Gasteiger charge is 2.20. The average molecular weight is 206 g/mol. The van der Waals surface area contributed by atoms with E-state index in [1.165, 1.54) is 12.8 Å². The molecule has 4 nitrogen and oxygen atoms in total. The van der Waals surface area contributed by atoms with Crippen LogP contribution in [0.15, 0.2) is 18.2 Å². The Hall–Kier alpha value is -1.58. The third-order valence-electron chi connectivity index (χ3n) is 2.56. The van der Waals surface area contributed by atoms with Gasteiger partial charge >= 0.3 is 0 Å². The van der Waals surface area contributed by atoms with Gasteiger partial charge in [0, 0.05) is 24.4 Å². The molecule has 0 bridgehead atoms. The van der Waals surface area contributed by atoms with Crippen molar-refractivity contribution < 1.29 is 4.92 Å². The van der Waals surface area contributed by atoms with Crippen molar-refractivity contribution in [3.63, 3.8) is 0 Å². The Morgan fingerprint density at radius 1 is 1.47 bits per heavy atom. The predicted octanol–water partition coefficient (Wildman–Crippen LogP) is 2.73. The van der Waals surface area contributed by atoms with Gasteiger partial charge in [0.1, 0.15) is 0 Å². The van der Waals surface area contributed by atoms with Crippen LogP contribution in [0.3, 0.4) is 0 Å². The topological polar surface area (TPSA) is 55.2 Å². The lowest BCUT2D eigenvalue weighted by Gasteiger charge is -2.06. The molecular formula is C11H14N2O2. The van der Waals surface area contributed by atoms with Gasteiger partial charge in [-0.05, 0) is 37.3 Å². The normalized spacial score (nSPS) is 15.0. The number of nitrogens with one attached hydrogen (secondary N) is 1. The number of nitro groups is 1. The zero-order chi connectivity index (χ0) is 10.8. The molecule has 2 rings (SSSR count). The fourth-order valence-corrected chi connectivity index (χ4v) is 1.55. The molecule has 1 aromatic carbocycles. The molecule has 0 aromatic heterocycles. The molecule has 0 heterocycles. The van der Waals surface area contributed by atoms with Gasteiger partial charge in [0.05, 0.1) is 4.92 Å². The molecule has 80 valence electrons. The van der Waals surface area contributed by atoms with Crippen LogP contribution in [0.5, 0.6) is 0 Å². The van der Waals surface area contributed by atoms with Crippen LogP contribution in [0, 0.1) is 23.0 Å². The van der Waals surface area contributed by atoms with E-state index in [0.717, 1.165) is 23.7 Å². The van der Waals surface area contributed by atoms with E-state index in [1.807, 2.05) is 13.0 Å². The molecule has 0 amide bonds. The first-order valence-electron chi connectivity index (χ1n) is 5.15. The van der Waals surface area contributed by atoms with E-state index < -0.39 is 0 Å². The van der Waals surface area contributed by atoms with E-state index >= 15 is 0 Å². The Labute approximate surface area is 88.5 Å². The first-order valence-corrected chi connectivity index (χ1v) is 5.15. The minimum absolute atomic E-state index is 0.160. The van der Waals surface area contributed by atoms with Crippen molar-refractivity contribution in [1.29, 1.82) is 0 Å². The summed E-state index contributed by atoms with van der Waals surface area (Å²) in [6.07, 6.45) is 2.56. The summed E-state index contributed by atoms with van der Waals surface area (Å²) in [4.78, 5) is 10.3. The molecule has 0 spiro atoms. The summed E-state index contributed by atoms with van der Waals surface area (Å²) in [6, 6.07) is 5.12. The average Bonchev–Trinajstić information content (AvgIpc) is 2.97. The Morgan fingerprint density at radius 3 is 2.80 bits per heavy atom. The summed E-state index contributed by atoms with van der Waals surface area (Å²) < 4.78 is 0. The van der Waals surface area contributed by atoms with Crippen molar-refractivity contribution in [1.82, 2.24) is 0 Å². The highest BCUT2D eigenvalue weighted by molar-refractivity contribution is 5.53. The molecule has 1 aromatic rings. The number of nitro benzene ring substituents is 1. The maximum atomic E-state index is 10.6. The van der Waals surface area contributed by atoms with E-state index in [0.29, 0.717) is 0 Å². The zero-order valence-corrected chi connectivity index (χ0v) is 8.69. The van der Waals surface area contributed by atoms with Crippen molar-refractivity contribution >= 4 is 11.4 Å². The molecule has 1 aliphatic rings. The van der Waals surface area contributed by atoms with Gasteiger partial charge in [-0.25, -0.2) is 0 Å². The lowest BCUT2D eigenvalue weighted by atomic mass is 10.2. The third kappa shape index (κ3) is 2.68. The molecule has 1 saturated carbocycles. The number of hydrogen-bond acceptors (Lipinski definition) is 3. The van der Waals surface area contributed by atoms with Crippen LogP contribution in [0.1, 0.15) is 18.4 Å². The second-order valence-electron chi connectivity index (χ2n) is 4.14. The van der Waals surface area contributed by atoms with E-state index in [4.69, 9.17) is 0 Å². The summed E-state index contributed by atoms with van der Waals surface area (Å²) >= 11 is 0. The van der Waals surface area contributed by atoms with Crippen molar-refractivity contribution in [2.75, 3.05) is 11.9 Å². The van der Waals surface area contributed by atoms with Crippen LogP contribution in [0.25, 0.3) is 0 Å². The van der Waals surface area contributed by atoms with Gasteiger partial charge < -0.3 is 5.32 Å². The zero-order valence-electron chi connectivity index (χ0n) is 8.69. The quantitative estimate of drug-likeness (QED) is 0.608. The van der Waals surface area contributed by atoms with Crippen molar-refractivity contribution in [2.24, 2.45) is 5.92 Å². The highest BCUT2D eigenvalue weighted by Crippen LogP contribution is 2.29. The van der Waals surface area contributed by atoms with E-state index in [-0.39, 0.29) is 10.6 Å². The molecule has 15 heavy (non-hydrogen) atoms. The SMILES string of the molecule is Cc1cc(NCC2CC2)cc([N+](=O)[O-])c1. The number of rotatable bonds is 4. The van der Waals surface area contributed by atoms with Crippen LogP contribution in [0.2, 0.25) is 0 Å². The number of nitrogens with zero attached hydrogens (tertiary/aromatic N) is 1. The molecular weight excluding hydrogens is 192 g/mol. The minimum atomic E-state index is -0.352. The summed E-state index contributed by atoms with van der Waals surface area (Å²) in [5.41, 5.74) is 1.93. The van der Waals surface area contributed by atoms with Gasteiger partial charge in [0.15, 0.2) is 0 Å². The Morgan fingerprint density at radius 2 is 2.20 bits per heavy atom. The van der Waals surface area contributed by atoms with Crippen LogP contribution in [0.4, 0.5) is 11.4 Å². The molecule has 1 N–H and O–H groups in total. The first kappa shape index (κ1) is 9.96. The molecule has 0 aliphatic heterocycles. The van der Waals surface area contributed by atoms with Gasteiger partial charge in [-0.3, -0.25) is 10.1 Å². The second-order valence-corrected chi connectivity index (χ2v) is 4.14. The Kier molecular flexibility index (Phi) is 2.58. The monoisotopic (exact) mass is 206 g/mol. The number of aryl methyl sites for hydroxylation is 1. The van der Waals surface area contributed by atoms with Crippen molar-refractivity contribution in [3.05, 3.63) is 33.9 Å². The minimum Gasteiger partial charge on any atom is -0.385 e. The van der Waals surface area contributed by atoms with Gasteiger partial charge in [-0.2, -0.15) is 0 Å². The summed E-state index contributed by atoms with van der Waals surface area (Å²) in [5, 5.41) is 13.9. The lowest BCUT2D eigenvalue weighted by molar-refractivity contribution is -0.384. The molecule has 1 aliphatic carbocycles. The van der Waals surface area contributed by atoms with Crippen LogP contribution in [-0.2, 0) is 0 Å². The molecule has 0 saturated heterocycles. The summed E-state index contributed by atoms with van der Waals surface area (Å²) in [5.74, 6) is 0.768. The maximum absolute atomic E-state index is 10.6. The number of hydrogen-bond donors (Lipinski definition) is 1. The van der Waals surface area contributed by atoms with Crippen LogP contribution < -0.4 is 5.32 Å². The first-order chi connectivity index (χ1) is 7.15. The van der Waals surface area contributed by atoms with Gasteiger partial charge in [0.25, 0.3) is 5.69 Å². The fraction of sp³-hybridized carbons (Fsp3) is 0.455. The molecule has 1 fully saturated rings. The largest absolute Gasteiger partial charge is 0.385 e. The standard InChI is InChI=1S/C11H14N2O2/c1-8-4-10(12-7-9-2-3-9)6-11(5-8)13(14)15/h4-6,9,12H,2-3,7H2,1H3. The maximum Gasteiger partial charge on any atom is 0.271 e. The van der Waals surface area contributed by atoms with Crippen LogP contribution >= 0.6 is 0 Å². The predicted molar refractivity (Wildman–Crippen MR) is 59.0 cm³/mol. The fourth-order valence-electron chi connectivity index (χ4n) is 1.55.